The Balaban J connectivity index is 3.37. The predicted octanol–water partition coefficient (Wildman–Crippen LogP) is 3.07. The lowest BCUT2D eigenvalue weighted by Gasteiger charge is -2.09. The highest BCUT2D eigenvalue weighted by Gasteiger charge is 2.16. The average molecular weight is 290 g/mol. The first-order chi connectivity index (χ1) is 8.52. The Bertz CT molecular complexity index is 501. The summed E-state index contributed by atoms with van der Waals surface area (Å²) in [6.45, 7) is 3.56. The van der Waals surface area contributed by atoms with Gasteiger partial charge >= 0.3 is 0 Å². The Morgan fingerprint density at radius 2 is 1.83 bits per heavy atom. The summed E-state index contributed by atoms with van der Waals surface area (Å²) in [5.41, 5.74) is 2.47. The van der Waals surface area contributed by atoms with Gasteiger partial charge in [0.15, 0.2) is 0 Å². The maximum Gasteiger partial charge on any atom is 0.147 e. The molecular formula is C11H13Cl2N3O2. The molecule has 0 fully saturated rings. The fourth-order valence-corrected chi connectivity index (χ4v) is 1.71. The van der Waals surface area contributed by atoms with Gasteiger partial charge in [-0.3, -0.25) is 0 Å². The monoisotopic (exact) mass is 289 g/mol. The van der Waals surface area contributed by atoms with Crippen LogP contribution in [0.15, 0.2) is 16.5 Å². The molecule has 0 N–H and O–H groups in total. The molecule has 1 aromatic rings. The second-order valence-corrected chi connectivity index (χ2v) is 4.12. The Hall–Kier alpha value is -1.33. The molecule has 0 unspecified atom stereocenters. The lowest BCUT2D eigenvalue weighted by atomic mass is 10.0. The third kappa shape index (κ3) is 3.11. The summed E-state index contributed by atoms with van der Waals surface area (Å²) >= 11 is 11.9. The molecule has 7 heteroatoms. The minimum atomic E-state index is 0.246. The number of nitrogens with zero attached hydrogens (tertiary/aromatic N) is 3. The SMILES string of the molecule is CO/N=C(\C(C)=N\OC)c1cnc(Cl)c(Cl)c1C. The molecule has 1 aromatic heterocycles. The first-order valence-electron chi connectivity index (χ1n) is 5.03. The first-order valence-corrected chi connectivity index (χ1v) is 5.78. The first kappa shape index (κ1) is 14.7. The lowest BCUT2D eigenvalue weighted by molar-refractivity contribution is 0.210. The second kappa shape index (κ2) is 6.56. The summed E-state index contributed by atoms with van der Waals surface area (Å²) in [6.07, 6.45) is 1.57. The molecule has 0 saturated carbocycles. The fourth-order valence-electron chi connectivity index (χ4n) is 1.37. The van der Waals surface area contributed by atoms with Gasteiger partial charge in [0.2, 0.25) is 0 Å². The third-order valence-electron chi connectivity index (χ3n) is 2.23. The minimum Gasteiger partial charge on any atom is -0.399 e. The number of oxime groups is 2. The average Bonchev–Trinajstić information content (AvgIpc) is 2.34. The molecule has 5 nitrogen and oxygen atoms in total. The van der Waals surface area contributed by atoms with Gasteiger partial charge in [0.1, 0.15) is 30.8 Å². The van der Waals surface area contributed by atoms with Crippen LogP contribution in [-0.2, 0) is 9.68 Å². The van der Waals surface area contributed by atoms with Gasteiger partial charge in [-0.1, -0.05) is 33.5 Å². The van der Waals surface area contributed by atoms with Crippen molar-refractivity contribution in [1.82, 2.24) is 4.98 Å². The molecule has 0 aliphatic heterocycles. The predicted molar refractivity (Wildman–Crippen MR) is 72.7 cm³/mol. The number of aromatic nitrogens is 1. The summed E-state index contributed by atoms with van der Waals surface area (Å²) < 4.78 is 0. The Kier molecular flexibility index (Phi) is 5.37. The number of hydrogen-bond acceptors (Lipinski definition) is 5. The fraction of sp³-hybridized carbons (Fsp3) is 0.364. The molecule has 0 amide bonds. The van der Waals surface area contributed by atoms with Gasteiger partial charge in [0.25, 0.3) is 0 Å². The van der Waals surface area contributed by atoms with Crippen molar-refractivity contribution >= 4 is 34.6 Å². The standard InChI is InChI=1S/C11H13Cl2N3O2/c1-6-8(5-14-11(13)9(6)12)10(16-18-4)7(2)15-17-3/h5H,1-4H3/b15-7+,16-10+. The van der Waals surface area contributed by atoms with Gasteiger partial charge in [-0.05, 0) is 19.4 Å². The summed E-state index contributed by atoms with van der Waals surface area (Å²) in [7, 11) is 2.90. The van der Waals surface area contributed by atoms with E-state index in [1.54, 1.807) is 13.1 Å². The molecular weight excluding hydrogens is 277 g/mol. The molecule has 0 aromatic carbocycles. The van der Waals surface area contributed by atoms with Gasteiger partial charge < -0.3 is 9.68 Å². The van der Waals surface area contributed by atoms with Crippen LogP contribution in [0.5, 0.6) is 0 Å². The van der Waals surface area contributed by atoms with Gasteiger partial charge in [0, 0.05) is 11.8 Å². The quantitative estimate of drug-likeness (QED) is 0.486. The topological polar surface area (TPSA) is 56.1 Å². The molecule has 0 bridgehead atoms. The van der Waals surface area contributed by atoms with Crippen molar-refractivity contribution in [2.45, 2.75) is 13.8 Å². The highest BCUT2D eigenvalue weighted by atomic mass is 35.5. The second-order valence-electron chi connectivity index (χ2n) is 3.38. The van der Waals surface area contributed by atoms with Gasteiger partial charge in [-0.15, -0.1) is 0 Å². The van der Waals surface area contributed by atoms with Crippen molar-refractivity contribution in [2.75, 3.05) is 14.2 Å². The van der Waals surface area contributed by atoms with E-state index in [9.17, 15) is 0 Å². The van der Waals surface area contributed by atoms with E-state index < -0.39 is 0 Å². The third-order valence-corrected chi connectivity index (χ3v) is 3.08. The Labute approximate surface area is 115 Å². The highest BCUT2D eigenvalue weighted by molar-refractivity contribution is 6.48. The normalized spacial score (nSPS) is 12.6. The van der Waals surface area contributed by atoms with Crippen LogP contribution in [0.1, 0.15) is 18.1 Å². The van der Waals surface area contributed by atoms with E-state index in [1.165, 1.54) is 14.2 Å². The van der Waals surface area contributed by atoms with Crippen molar-refractivity contribution in [3.8, 4) is 0 Å². The van der Waals surface area contributed by atoms with Crippen molar-refractivity contribution in [3.05, 3.63) is 27.5 Å². The number of rotatable bonds is 4. The summed E-state index contributed by atoms with van der Waals surface area (Å²) in [5.74, 6) is 0. The van der Waals surface area contributed by atoms with Crippen molar-refractivity contribution in [3.63, 3.8) is 0 Å². The van der Waals surface area contributed by atoms with Crippen LogP contribution in [0.4, 0.5) is 0 Å². The van der Waals surface area contributed by atoms with E-state index >= 15 is 0 Å². The number of hydrogen-bond donors (Lipinski definition) is 0. The molecule has 1 heterocycles. The van der Waals surface area contributed by atoms with E-state index in [4.69, 9.17) is 32.9 Å². The molecule has 98 valence electrons. The molecule has 0 atom stereocenters. The zero-order valence-electron chi connectivity index (χ0n) is 10.5. The van der Waals surface area contributed by atoms with Gasteiger partial charge in [0.05, 0.1) is 5.02 Å². The zero-order chi connectivity index (χ0) is 13.7. The van der Waals surface area contributed by atoms with Crippen LogP contribution < -0.4 is 0 Å². The van der Waals surface area contributed by atoms with E-state index in [0.717, 1.165) is 5.56 Å². The molecule has 0 radical (unpaired) electrons. The Morgan fingerprint density at radius 3 is 2.39 bits per heavy atom. The van der Waals surface area contributed by atoms with E-state index in [0.29, 0.717) is 22.0 Å². The molecule has 0 saturated heterocycles. The number of pyridine rings is 1. The van der Waals surface area contributed by atoms with Gasteiger partial charge in [-0.25, -0.2) is 4.98 Å². The summed E-state index contributed by atoms with van der Waals surface area (Å²) in [5, 5.41) is 8.35. The van der Waals surface area contributed by atoms with Crippen LogP contribution in [0.25, 0.3) is 0 Å². The minimum absolute atomic E-state index is 0.246. The van der Waals surface area contributed by atoms with Crippen LogP contribution in [0, 0.1) is 6.92 Å². The molecule has 1 rings (SSSR count). The van der Waals surface area contributed by atoms with Gasteiger partial charge in [-0.2, -0.15) is 0 Å². The van der Waals surface area contributed by atoms with Crippen LogP contribution in [0.3, 0.4) is 0 Å². The van der Waals surface area contributed by atoms with Crippen molar-refractivity contribution < 1.29 is 9.68 Å². The highest BCUT2D eigenvalue weighted by Crippen LogP contribution is 2.26. The van der Waals surface area contributed by atoms with E-state index in [2.05, 4.69) is 15.3 Å². The van der Waals surface area contributed by atoms with E-state index in [-0.39, 0.29) is 5.15 Å². The molecule has 0 aliphatic carbocycles. The van der Waals surface area contributed by atoms with Crippen LogP contribution >= 0.6 is 23.2 Å². The van der Waals surface area contributed by atoms with Crippen molar-refractivity contribution in [2.24, 2.45) is 10.3 Å². The van der Waals surface area contributed by atoms with E-state index in [1.807, 2.05) is 6.92 Å². The summed E-state index contributed by atoms with van der Waals surface area (Å²) in [6, 6.07) is 0. The maximum absolute atomic E-state index is 6.05. The molecule has 18 heavy (non-hydrogen) atoms. The maximum atomic E-state index is 6.05. The zero-order valence-corrected chi connectivity index (χ0v) is 12.0. The summed E-state index contributed by atoms with van der Waals surface area (Å²) in [4.78, 5) is 13.5. The molecule has 0 spiro atoms. The van der Waals surface area contributed by atoms with Crippen molar-refractivity contribution in [1.29, 1.82) is 0 Å². The Morgan fingerprint density at radius 1 is 1.22 bits per heavy atom. The van der Waals surface area contributed by atoms with Crippen LogP contribution in [-0.4, -0.2) is 30.6 Å². The lowest BCUT2D eigenvalue weighted by Crippen LogP contribution is -2.15. The number of halogens is 2. The molecule has 0 aliphatic rings. The largest absolute Gasteiger partial charge is 0.399 e. The van der Waals surface area contributed by atoms with Crippen LogP contribution in [0.2, 0.25) is 10.2 Å². The smallest absolute Gasteiger partial charge is 0.147 e.